The first-order valence-corrected chi connectivity index (χ1v) is 7.74. The second-order valence-electron chi connectivity index (χ2n) is 4.34. The number of hydrogen-bond donors (Lipinski definition) is 0. The summed E-state index contributed by atoms with van der Waals surface area (Å²) < 4.78 is 0. The van der Waals surface area contributed by atoms with Crippen LogP contribution in [0.3, 0.4) is 0 Å². The third-order valence-corrected chi connectivity index (χ3v) is 5.49. The number of hydrogen-bond acceptors (Lipinski definition) is 0. The smallest absolute Gasteiger partial charge is 0 e. The van der Waals surface area contributed by atoms with Gasteiger partial charge in [-0.3, -0.25) is 0 Å². The van der Waals surface area contributed by atoms with E-state index in [9.17, 15) is 0 Å². The number of benzene rings is 3. The first kappa shape index (κ1) is 18.3. The molecule has 0 atom stereocenters. The van der Waals surface area contributed by atoms with Gasteiger partial charge in [-0.1, -0.05) is 91.0 Å². The summed E-state index contributed by atoms with van der Waals surface area (Å²) >= 11 is 0. The maximum absolute atomic E-state index is 2.23. The molecule has 0 saturated heterocycles. The van der Waals surface area contributed by atoms with Gasteiger partial charge in [0.25, 0.3) is 0 Å². The topological polar surface area (TPSA) is 0 Å². The largest absolute Gasteiger partial charge is 0.147 e. The number of rotatable bonds is 3. The second-order valence-corrected chi connectivity index (χ2v) is 6.56. The fraction of sp³-hybridized carbons (Fsp3) is 0. The predicted octanol–water partition coefficient (Wildman–Crippen LogP) is 3.86. The van der Waals surface area contributed by atoms with Gasteiger partial charge in [0, 0.05) is 26.2 Å². The third-order valence-electron chi connectivity index (χ3n) is 3.04. The molecule has 104 valence electrons. The summed E-state index contributed by atoms with van der Waals surface area (Å²) in [5, 5.41) is 4.19. The molecule has 0 nitrogen and oxygen atoms in total. The van der Waals surface area contributed by atoms with E-state index in [4.69, 9.17) is 0 Å². The van der Waals surface area contributed by atoms with E-state index in [0.717, 1.165) is 0 Å². The van der Waals surface area contributed by atoms with Crippen LogP contribution in [0.1, 0.15) is 0 Å². The van der Waals surface area contributed by atoms with Crippen LogP contribution in [0.25, 0.3) is 0 Å². The summed E-state index contributed by atoms with van der Waals surface area (Å²) in [5.74, 6) is 0. The van der Waals surface area contributed by atoms with Crippen LogP contribution in [0, 0.1) is 0 Å². The minimum atomic E-state index is -0.446. The van der Waals surface area contributed by atoms with E-state index < -0.39 is 7.92 Å². The molecule has 0 unspecified atom stereocenters. The molecule has 0 fully saturated rings. The van der Waals surface area contributed by atoms with E-state index in [1.54, 1.807) is 0 Å². The average Bonchev–Trinajstić information content (AvgIpc) is 2.51. The van der Waals surface area contributed by atoms with Crippen molar-refractivity contribution in [1.29, 1.82) is 0 Å². The molecule has 0 heterocycles. The molecule has 0 amide bonds. The molecule has 3 rings (SSSR count). The van der Waals surface area contributed by atoms with Crippen LogP contribution in [-0.2, 0) is 26.2 Å². The van der Waals surface area contributed by atoms with Crippen LogP contribution in [-0.4, -0.2) is 0 Å². The molecule has 0 N–H and O–H groups in total. The van der Waals surface area contributed by atoms with Crippen molar-refractivity contribution in [3.63, 3.8) is 0 Å². The molecule has 3 aromatic carbocycles. The Balaban J connectivity index is 0.00000110. The van der Waals surface area contributed by atoms with Gasteiger partial charge in [-0.25, -0.2) is 0 Å². The summed E-state index contributed by atoms with van der Waals surface area (Å²) in [6, 6.07) is 32.3. The summed E-state index contributed by atoms with van der Waals surface area (Å²) in [6.45, 7) is 0. The molecule has 3 aromatic rings. The molecule has 0 aliphatic rings. The van der Waals surface area contributed by atoms with Gasteiger partial charge in [0.1, 0.15) is 0 Å². The Hall–Kier alpha value is -0.737. The molecular formula is C18H16ClPZr. The Morgan fingerprint density at radius 2 is 0.667 bits per heavy atom. The van der Waals surface area contributed by atoms with E-state index in [0.29, 0.717) is 0 Å². The normalized spacial score (nSPS) is 9.57. The minimum Gasteiger partial charge on any atom is -0.147 e. The molecule has 0 radical (unpaired) electrons. The van der Waals surface area contributed by atoms with E-state index in [1.165, 1.54) is 15.9 Å². The zero-order valence-electron chi connectivity index (χ0n) is 11.5. The molecule has 3 heteroatoms. The Morgan fingerprint density at radius 1 is 0.429 bits per heavy atom. The maximum Gasteiger partial charge on any atom is 0 e. The van der Waals surface area contributed by atoms with Gasteiger partial charge < -0.3 is 0 Å². The molecule has 0 aliphatic carbocycles. The zero-order valence-corrected chi connectivity index (χ0v) is 15.7. The van der Waals surface area contributed by atoms with Crippen molar-refractivity contribution in [2.24, 2.45) is 0 Å². The summed E-state index contributed by atoms with van der Waals surface area (Å²) in [6.07, 6.45) is 0. The van der Waals surface area contributed by atoms with Crippen LogP contribution in [0.15, 0.2) is 91.0 Å². The van der Waals surface area contributed by atoms with Crippen LogP contribution in [0.5, 0.6) is 0 Å². The third kappa shape index (κ3) is 4.62. The van der Waals surface area contributed by atoms with Crippen molar-refractivity contribution in [3.8, 4) is 0 Å². The van der Waals surface area contributed by atoms with Crippen LogP contribution in [0.2, 0.25) is 0 Å². The monoisotopic (exact) mass is 388 g/mol. The van der Waals surface area contributed by atoms with Gasteiger partial charge in [0.15, 0.2) is 0 Å². The van der Waals surface area contributed by atoms with Gasteiger partial charge in [0.2, 0.25) is 0 Å². The van der Waals surface area contributed by atoms with Crippen molar-refractivity contribution < 1.29 is 26.2 Å². The van der Waals surface area contributed by atoms with Gasteiger partial charge >= 0.3 is 0 Å². The van der Waals surface area contributed by atoms with E-state index >= 15 is 0 Å². The Bertz CT molecular complexity index is 535. The van der Waals surface area contributed by atoms with Crippen LogP contribution in [0.4, 0.5) is 0 Å². The summed E-state index contributed by atoms with van der Waals surface area (Å²) in [7, 11) is -0.446. The van der Waals surface area contributed by atoms with Crippen molar-refractivity contribution in [2.45, 2.75) is 0 Å². The first-order valence-electron chi connectivity index (χ1n) is 6.40. The molecule has 0 saturated carbocycles. The molecule has 0 aromatic heterocycles. The van der Waals surface area contributed by atoms with Gasteiger partial charge in [0.05, 0.1) is 0 Å². The second kappa shape index (κ2) is 9.32. The van der Waals surface area contributed by atoms with E-state index in [1.807, 2.05) is 0 Å². The SMILES string of the molecule is Cl.[Zr].c1ccc(P(c2ccccc2)c2ccccc2)cc1. The van der Waals surface area contributed by atoms with Crippen molar-refractivity contribution in [3.05, 3.63) is 91.0 Å². The van der Waals surface area contributed by atoms with Crippen LogP contribution < -0.4 is 15.9 Å². The number of halogens is 1. The molecule has 0 aliphatic heterocycles. The molecule has 0 bridgehead atoms. The van der Waals surface area contributed by atoms with E-state index in [-0.39, 0.29) is 38.6 Å². The fourth-order valence-corrected chi connectivity index (χ4v) is 4.48. The maximum atomic E-state index is 2.23. The van der Waals surface area contributed by atoms with Gasteiger partial charge in [-0.05, 0) is 23.8 Å². The molecule has 21 heavy (non-hydrogen) atoms. The zero-order chi connectivity index (χ0) is 12.9. The summed E-state index contributed by atoms with van der Waals surface area (Å²) in [5.41, 5.74) is 0. The van der Waals surface area contributed by atoms with Crippen molar-refractivity contribution in [1.82, 2.24) is 0 Å². The van der Waals surface area contributed by atoms with Gasteiger partial charge in [-0.2, -0.15) is 0 Å². The Morgan fingerprint density at radius 3 is 0.905 bits per heavy atom. The Labute approximate surface area is 152 Å². The van der Waals surface area contributed by atoms with E-state index in [2.05, 4.69) is 91.0 Å². The summed E-state index contributed by atoms with van der Waals surface area (Å²) in [4.78, 5) is 0. The fourth-order valence-electron chi connectivity index (χ4n) is 2.18. The standard InChI is InChI=1S/C18H15P.ClH.Zr/c1-4-10-16(11-5-1)19(17-12-6-2-7-13-17)18-14-8-3-9-15-18;;/h1-15H;1H;. The average molecular weight is 390 g/mol. The van der Waals surface area contributed by atoms with Gasteiger partial charge in [-0.15, -0.1) is 12.4 Å². The molecular weight excluding hydrogens is 374 g/mol. The van der Waals surface area contributed by atoms with Crippen molar-refractivity contribution >= 4 is 36.2 Å². The quantitative estimate of drug-likeness (QED) is 0.596. The van der Waals surface area contributed by atoms with Crippen LogP contribution >= 0.6 is 20.3 Å². The first-order chi connectivity index (χ1) is 9.45. The molecule has 0 spiro atoms. The predicted molar refractivity (Wildman–Crippen MR) is 92.4 cm³/mol. The van der Waals surface area contributed by atoms with Crippen molar-refractivity contribution in [2.75, 3.05) is 0 Å². The Kier molecular flexibility index (Phi) is 8.12. The minimum absolute atomic E-state index is 0.